The molecule has 3 unspecified atom stereocenters. The van der Waals surface area contributed by atoms with E-state index in [-0.39, 0.29) is 6.04 Å². The van der Waals surface area contributed by atoms with E-state index >= 15 is 0 Å². The molecule has 100 valence electrons. The molecule has 0 aromatic heterocycles. The first-order valence-corrected chi connectivity index (χ1v) is 6.74. The molecular formula is C14H21ClN2O. The third kappa shape index (κ3) is 3.23. The standard InChI is InChI=1S/C14H21ClN2O/c1-10(11-3-5-13(15)6-4-11)17(2)7-12-8-18-9-14(12)16/h3-6,10,12,14H,7-9,16H2,1-2H3. The van der Waals surface area contributed by atoms with Crippen LogP contribution >= 0.6 is 11.6 Å². The second-order valence-corrected chi connectivity index (χ2v) is 5.56. The maximum atomic E-state index is 6.02. The van der Waals surface area contributed by atoms with Crippen LogP contribution < -0.4 is 5.73 Å². The summed E-state index contributed by atoms with van der Waals surface area (Å²) in [7, 11) is 2.13. The van der Waals surface area contributed by atoms with Gasteiger partial charge >= 0.3 is 0 Å². The normalized spacial score (nSPS) is 25.6. The van der Waals surface area contributed by atoms with Crippen molar-refractivity contribution in [2.24, 2.45) is 11.7 Å². The lowest BCUT2D eigenvalue weighted by Crippen LogP contribution is -2.37. The molecular weight excluding hydrogens is 248 g/mol. The first kappa shape index (κ1) is 13.8. The molecule has 3 atom stereocenters. The number of nitrogens with two attached hydrogens (primary N) is 1. The predicted molar refractivity (Wildman–Crippen MR) is 74.8 cm³/mol. The summed E-state index contributed by atoms with van der Waals surface area (Å²) in [5.41, 5.74) is 7.29. The summed E-state index contributed by atoms with van der Waals surface area (Å²) in [6.07, 6.45) is 0. The molecule has 1 heterocycles. The van der Waals surface area contributed by atoms with E-state index in [9.17, 15) is 0 Å². The van der Waals surface area contributed by atoms with Gasteiger partial charge in [0.15, 0.2) is 0 Å². The van der Waals surface area contributed by atoms with E-state index in [1.54, 1.807) is 0 Å². The van der Waals surface area contributed by atoms with E-state index in [4.69, 9.17) is 22.1 Å². The van der Waals surface area contributed by atoms with Crippen LogP contribution in [-0.2, 0) is 4.74 Å². The number of nitrogens with zero attached hydrogens (tertiary/aromatic N) is 1. The molecule has 2 rings (SSSR count). The summed E-state index contributed by atoms with van der Waals surface area (Å²) >= 11 is 5.91. The second kappa shape index (κ2) is 6.02. The topological polar surface area (TPSA) is 38.5 Å². The molecule has 18 heavy (non-hydrogen) atoms. The zero-order valence-electron chi connectivity index (χ0n) is 11.0. The Morgan fingerprint density at radius 1 is 1.39 bits per heavy atom. The maximum absolute atomic E-state index is 6.02. The number of rotatable bonds is 4. The molecule has 4 heteroatoms. The van der Waals surface area contributed by atoms with Crippen molar-refractivity contribution in [3.05, 3.63) is 34.9 Å². The lowest BCUT2D eigenvalue weighted by molar-refractivity contribution is 0.164. The van der Waals surface area contributed by atoms with E-state index in [1.165, 1.54) is 5.56 Å². The smallest absolute Gasteiger partial charge is 0.0621 e. The Balaban J connectivity index is 1.95. The van der Waals surface area contributed by atoms with Gasteiger partial charge in [-0.25, -0.2) is 0 Å². The molecule has 0 saturated carbocycles. The molecule has 0 amide bonds. The van der Waals surface area contributed by atoms with E-state index in [0.717, 1.165) is 18.2 Å². The highest BCUT2D eigenvalue weighted by atomic mass is 35.5. The van der Waals surface area contributed by atoms with Crippen LogP contribution in [0.3, 0.4) is 0 Å². The predicted octanol–water partition coefficient (Wildman–Crippen LogP) is 2.31. The Hall–Kier alpha value is -0.610. The molecule has 2 N–H and O–H groups in total. The highest BCUT2D eigenvalue weighted by Gasteiger charge is 2.27. The molecule has 1 aromatic carbocycles. The summed E-state index contributed by atoms with van der Waals surface area (Å²) < 4.78 is 5.40. The molecule has 0 radical (unpaired) electrons. The zero-order valence-corrected chi connectivity index (χ0v) is 11.7. The van der Waals surface area contributed by atoms with Crippen LogP contribution in [0, 0.1) is 5.92 Å². The van der Waals surface area contributed by atoms with Crippen LogP contribution in [-0.4, -0.2) is 37.7 Å². The maximum Gasteiger partial charge on any atom is 0.0621 e. The first-order valence-electron chi connectivity index (χ1n) is 6.37. The van der Waals surface area contributed by atoms with Crippen LogP contribution in [0.2, 0.25) is 5.02 Å². The molecule has 1 aliphatic heterocycles. The molecule has 0 bridgehead atoms. The Morgan fingerprint density at radius 2 is 2.06 bits per heavy atom. The van der Waals surface area contributed by atoms with Gasteiger partial charge in [0, 0.05) is 29.6 Å². The Kier molecular flexibility index (Phi) is 4.62. The molecule has 1 saturated heterocycles. The van der Waals surface area contributed by atoms with Gasteiger partial charge in [0.25, 0.3) is 0 Å². The summed E-state index contributed by atoms with van der Waals surface area (Å²) in [4.78, 5) is 2.32. The van der Waals surface area contributed by atoms with Crippen molar-refractivity contribution in [1.29, 1.82) is 0 Å². The average molecular weight is 269 g/mol. The Bertz CT molecular complexity index is 382. The Labute approximate surface area is 114 Å². The van der Waals surface area contributed by atoms with E-state index in [1.807, 2.05) is 12.1 Å². The van der Waals surface area contributed by atoms with Gasteiger partial charge < -0.3 is 10.5 Å². The van der Waals surface area contributed by atoms with Gasteiger partial charge in [0.05, 0.1) is 13.2 Å². The van der Waals surface area contributed by atoms with Gasteiger partial charge in [-0.2, -0.15) is 0 Å². The van der Waals surface area contributed by atoms with Gasteiger partial charge in [0.1, 0.15) is 0 Å². The van der Waals surface area contributed by atoms with Gasteiger partial charge in [-0.05, 0) is 31.7 Å². The van der Waals surface area contributed by atoms with Crippen LogP contribution in [0.5, 0.6) is 0 Å². The fraction of sp³-hybridized carbons (Fsp3) is 0.571. The number of benzene rings is 1. The zero-order chi connectivity index (χ0) is 13.1. The summed E-state index contributed by atoms with van der Waals surface area (Å²) in [6.45, 7) is 4.63. The number of halogens is 1. The van der Waals surface area contributed by atoms with Gasteiger partial charge in [-0.1, -0.05) is 23.7 Å². The van der Waals surface area contributed by atoms with Crippen molar-refractivity contribution in [2.75, 3.05) is 26.8 Å². The van der Waals surface area contributed by atoms with Crippen molar-refractivity contribution in [3.63, 3.8) is 0 Å². The molecule has 1 fully saturated rings. The van der Waals surface area contributed by atoms with Crippen LogP contribution in [0.25, 0.3) is 0 Å². The van der Waals surface area contributed by atoms with E-state index in [2.05, 4.69) is 31.0 Å². The minimum absolute atomic E-state index is 0.171. The minimum atomic E-state index is 0.171. The summed E-state index contributed by atoms with van der Waals surface area (Å²) in [5.74, 6) is 0.435. The monoisotopic (exact) mass is 268 g/mol. The van der Waals surface area contributed by atoms with Crippen molar-refractivity contribution in [1.82, 2.24) is 4.90 Å². The molecule has 3 nitrogen and oxygen atoms in total. The summed E-state index contributed by atoms with van der Waals surface area (Å²) in [6, 6.07) is 8.56. The van der Waals surface area contributed by atoms with Gasteiger partial charge in [-0.15, -0.1) is 0 Å². The summed E-state index contributed by atoms with van der Waals surface area (Å²) in [5, 5.41) is 0.778. The van der Waals surface area contributed by atoms with Crippen LogP contribution in [0.1, 0.15) is 18.5 Å². The quantitative estimate of drug-likeness (QED) is 0.911. The molecule has 0 spiro atoms. The van der Waals surface area contributed by atoms with E-state index < -0.39 is 0 Å². The van der Waals surface area contributed by atoms with Gasteiger partial charge in [-0.3, -0.25) is 4.90 Å². The lowest BCUT2D eigenvalue weighted by Gasteiger charge is -2.28. The van der Waals surface area contributed by atoms with E-state index in [0.29, 0.717) is 18.6 Å². The first-order chi connectivity index (χ1) is 8.58. The van der Waals surface area contributed by atoms with Crippen molar-refractivity contribution in [3.8, 4) is 0 Å². The third-order valence-electron chi connectivity index (χ3n) is 3.78. The van der Waals surface area contributed by atoms with Crippen LogP contribution in [0.15, 0.2) is 24.3 Å². The fourth-order valence-corrected chi connectivity index (χ4v) is 2.45. The highest BCUT2D eigenvalue weighted by molar-refractivity contribution is 6.30. The SMILES string of the molecule is CC(c1ccc(Cl)cc1)N(C)CC1COCC1N. The number of ether oxygens (including phenoxy) is 1. The largest absolute Gasteiger partial charge is 0.379 e. The molecule has 1 aliphatic rings. The second-order valence-electron chi connectivity index (χ2n) is 5.13. The van der Waals surface area contributed by atoms with Crippen molar-refractivity contribution < 1.29 is 4.74 Å². The highest BCUT2D eigenvalue weighted by Crippen LogP contribution is 2.23. The minimum Gasteiger partial charge on any atom is -0.379 e. The van der Waals surface area contributed by atoms with Crippen LogP contribution in [0.4, 0.5) is 0 Å². The molecule has 1 aromatic rings. The fourth-order valence-electron chi connectivity index (χ4n) is 2.33. The Morgan fingerprint density at radius 3 is 2.61 bits per heavy atom. The van der Waals surface area contributed by atoms with Gasteiger partial charge in [0.2, 0.25) is 0 Å². The number of hydrogen-bond donors (Lipinski definition) is 1. The van der Waals surface area contributed by atoms with Crippen molar-refractivity contribution in [2.45, 2.75) is 19.0 Å². The lowest BCUT2D eigenvalue weighted by atomic mass is 10.0. The molecule has 0 aliphatic carbocycles. The third-order valence-corrected chi connectivity index (χ3v) is 4.04. The number of hydrogen-bond acceptors (Lipinski definition) is 3. The van der Waals surface area contributed by atoms with Crippen molar-refractivity contribution >= 4 is 11.6 Å². The average Bonchev–Trinajstić information content (AvgIpc) is 2.75.